The lowest BCUT2D eigenvalue weighted by atomic mass is 9.97. The predicted octanol–water partition coefficient (Wildman–Crippen LogP) is 2.19. The zero-order valence-electron chi connectivity index (χ0n) is 8.75. The van der Waals surface area contributed by atoms with Gasteiger partial charge in [-0.15, -0.1) is 0 Å². The quantitative estimate of drug-likeness (QED) is 0.690. The van der Waals surface area contributed by atoms with E-state index in [1.165, 1.54) is 0 Å². The SMILES string of the molecule is CCCCCC1=NOC(C)(C(=O)O)C1. The van der Waals surface area contributed by atoms with E-state index >= 15 is 0 Å². The molecule has 1 rings (SSSR count). The monoisotopic (exact) mass is 199 g/mol. The maximum absolute atomic E-state index is 10.8. The fourth-order valence-corrected chi connectivity index (χ4v) is 1.45. The van der Waals surface area contributed by atoms with Gasteiger partial charge in [-0.3, -0.25) is 0 Å². The molecule has 0 amide bonds. The Labute approximate surface area is 83.9 Å². The minimum absolute atomic E-state index is 0.423. The van der Waals surface area contributed by atoms with Crippen LogP contribution in [0.1, 0.15) is 46.0 Å². The lowest BCUT2D eigenvalue weighted by molar-refractivity contribution is -0.160. The summed E-state index contributed by atoms with van der Waals surface area (Å²) >= 11 is 0. The van der Waals surface area contributed by atoms with Crippen LogP contribution in [0.15, 0.2) is 5.16 Å². The van der Waals surface area contributed by atoms with Gasteiger partial charge in [-0.25, -0.2) is 4.79 Å². The van der Waals surface area contributed by atoms with Gasteiger partial charge >= 0.3 is 5.97 Å². The molecule has 0 bridgehead atoms. The van der Waals surface area contributed by atoms with Gasteiger partial charge in [0.2, 0.25) is 5.60 Å². The first-order valence-electron chi connectivity index (χ1n) is 5.06. The molecule has 0 saturated carbocycles. The van der Waals surface area contributed by atoms with Gasteiger partial charge in [0.05, 0.1) is 5.71 Å². The van der Waals surface area contributed by atoms with Gasteiger partial charge < -0.3 is 9.94 Å². The Balaban J connectivity index is 2.36. The number of rotatable bonds is 5. The molecule has 1 aliphatic heterocycles. The number of nitrogens with zero attached hydrogens (tertiary/aromatic N) is 1. The Bertz CT molecular complexity index is 250. The summed E-state index contributed by atoms with van der Waals surface area (Å²) in [4.78, 5) is 15.7. The zero-order chi connectivity index (χ0) is 10.6. The molecule has 0 spiro atoms. The number of carbonyl (C=O) groups is 1. The normalized spacial score (nSPS) is 25.7. The molecule has 1 N–H and O–H groups in total. The topological polar surface area (TPSA) is 58.9 Å². The summed E-state index contributed by atoms with van der Waals surface area (Å²) in [5, 5.41) is 12.7. The summed E-state index contributed by atoms with van der Waals surface area (Å²) in [6.45, 7) is 3.69. The number of carboxylic acids is 1. The van der Waals surface area contributed by atoms with Crippen molar-refractivity contribution >= 4 is 11.7 Å². The van der Waals surface area contributed by atoms with Crippen LogP contribution >= 0.6 is 0 Å². The maximum atomic E-state index is 10.8. The first-order valence-corrected chi connectivity index (χ1v) is 5.06. The average molecular weight is 199 g/mol. The van der Waals surface area contributed by atoms with Gasteiger partial charge in [-0.2, -0.15) is 0 Å². The molecular formula is C10H17NO3. The molecule has 14 heavy (non-hydrogen) atoms. The van der Waals surface area contributed by atoms with Crippen LogP contribution in [0.2, 0.25) is 0 Å². The zero-order valence-corrected chi connectivity index (χ0v) is 8.75. The van der Waals surface area contributed by atoms with Gasteiger partial charge in [0.1, 0.15) is 0 Å². The molecule has 0 radical (unpaired) electrons. The summed E-state index contributed by atoms with van der Waals surface area (Å²) in [6, 6.07) is 0. The van der Waals surface area contributed by atoms with Crippen LogP contribution in [-0.2, 0) is 9.63 Å². The highest BCUT2D eigenvalue weighted by molar-refractivity contribution is 5.92. The Kier molecular flexibility index (Phi) is 3.49. The van der Waals surface area contributed by atoms with E-state index in [-0.39, 0.29) is 0 Å². The van der Waals surface area contributed by atoms with Crippen molar-refractivity contribution < 1.29 is 14.7 Å². The van der Waals surface area contributed by atoms with Crippen molar-refractivity contribution in [3.05, 3.63) is 0 Å². The first kappa shape index (κ1) is 11.0. The van der Waals surface area contributed by atoms with Crippen LogP contribution in [-0.4, -0.2) is 22.4 Å². The minimum Gasteiger partial charge on any atom is -0.478 e. The Morgan fingerprint density at radius 2 is 2.36 bits per heavy atom. The number of unbranched alkanes of at least 4 members (excludes halogenated alkanes) is 2. The second-order valence-electron chi connectivity index (χ2n) is 3.92. The maximum Gasteiger partial charge on any atom is 0.351 e. The van der Waals surface area contributed by atoms with Crippen molar-refractivity contribution in [3.8, 4) is 0 Å². The van der Waals surface area contributed by atoms with Crippen LogP contribution in [0.3, 0.4) is 0 Å². The summed E-state index contributed by atoms with van der Waals surface area (Å²) in [6.07, 6.45) is 4.66. The smallest absolute Gasteiger partial charge is 0.351 e. The second kappa shape index (κ2) is 4.44. The van der Waals surface area contributed by atoms with E-state index in [2.05, 4.69) is 12.1 Å². The van der Waals surface area contributed by atoms with E-state index in [9.17, 15) is 4.79 Å². The molecule has 0 aromatic heterocycles. The molecule has 0 fully saturated rings. The lowest BCUT2D eigenvalue weighted by Crippen LogP contribution is -2.35. The van der Waals surface area contributed by atoms with Crippen LogP contribution < -0.4 is 0 Å². The van der Waals surface area contributed by atoms with E-state index in [1.807, 2.05) is 0 Å². The fourth-order valence-electron chi connectivity index (χ4n) is 1.45. The molecule has 80 valence electrons. The van der Waals surface area contributed by atoms with E-state index in [0.717, 1.165) is 31.4 Å². The number of carboxylic acid groups (broad SMARTS) is 1. The third kappa shape index (κ3) is 2.47. The summed E-state index contributed by atoms with van der Waals surface area (Å²) in [7, 11) is 0. The average Bonchev–Trinajstić information content (AvgIpc) is 2.50. The van der Waals surface area contributed by atoms with Crippen LogP contribution in [0.25, 0.3) is 0 Å². The standard InChI is InChI=1S/C10H17NO3/c1-3-4-5-6-8-7-10(2,9(12)13)14-11-8/h3-7H2,1-2H3,(H,12,13). The summed E-state index contributed by atoms with van der Waals surface area (Å²) < 4.78 is 0. The molecule has 1 atom stereocenters. The van der Waals surface area contributed by atoms with Crippen molar-refractivity contribution in [1.29, 1.82) is 0 Å². The van der Waals surface area contributed by atoms with Gasteiger partial charge in [-0.1, -0.05) is 24.9 Å². The highest BCUT2D eigenvalue weighted by Crippen LogP contribution is 2.25. The number of oxime groups is 1. The van der Waals surface area contributed by atoms with Crippen molar-refractivity contribution in [2.45, 2.75) is 51.6 Å². The van der Waals surface area contributed by atoms with Crippen LogP contribution in [0.5, 0.6) is 0 Å². The molecule has 0 aliphatic carbocycles. The largest absolute Gasteiger partial charge is 0.478 e. The van der Waals surface area contributed by atoms with Crippen molar-refractivity contribution in [2.24, 2.45) is 5.16 Å². The second-order valence-corrected chi connectivity index (χ2v) is 3.92. The van der Waals surface area contributed by atoms with Crippen molar-refractivity contribution in [3.63, 3.8) is 0 Å². The molecule has 0 aromatic carbocycles. The van der Waals surface area contributed by atoms with Gasteiger partial charge in [0, 0.05) is 6.42 Å². The highest BCUT2D eigenvalue weighted by atomic mass is 16.7. The van der Waals surface area contributed by atoms with Crippen LogP contribution in [0, 0.1) is 0 Å². The number of hydrogen-bond acceptors (Lipinski definition) is 3. The first-order chi connectivity index (χ1) is 6.58. The molecule has 0 saturated heterocycles. The number of hydrogen-bond donors (Lipinski definition) is 1. The molecule has 1 unspecified atom stereocenters. The number of aliphatic carboxylic acids is 1. The van der Waals surface area contributed by atoms with E-state index in [0.29, 0.717) is 6.42 Å². The summed E-state index contributed by atoms with van der Waals surface area (Å²) in [5.41, 5.74) is -0.245. The van der Waals surface area contributed by atoms with Gasteiger partial charge in [0.25, 0.3) is 0 Å². The van der Waals surface area contributed by atoms with Gasteiger partial charge in [0.15, 0.2) is 0 Å². The molecule has 1 aliphatic rings. The third-order valence-corrected chi connectivity index (χ3v) is 2.44. The third-order valence-electron chi connectivity index (χ3n) is 2.44. The van der Waals surface area contributed by atoms with Crippen molar-refractivity contribution in [2.75, 3.05) is 0 Å². The predicted molar refractivity (Wildman–Crippen MR) is 53.3 cm³/mol. The fraction of sp³-hybridized carbons (Fsp3) is 0.800. The molecule has 4 heteroatoms. The van der Waals surface area contributed by atoms with Gasteiger partial charge in [-0.05, 0) is 19.8 Å². The Morgan fingerprint density at radius 3 is 2.86 bits per heavy atom. The lowest BCUT2D eigenvalue weighted by Gasteiger charge is -2.14. The summed E-state index contributed by atoms with van der Waals surface area (Å²) in [5.74, 6) is -0.938. The Morgan fingerprint density at radius 1 is 1.64 bits per heavy atom. The minimum atomic E-state index is -1.12. The molecule has 1 heterocycles. The van der Waals surface area contributed by atoms with Crippen LogP contribution in [0.4, 0.5) is 0 Å². The molecular weight excluding hydrogens is 182 g/mol. The van der Waals surface area contributed by atoms with E-state index in [4.69, 9.17) is 9.94 Å². The van der Waals surface area contributed by atoms with E-state index in [1.54, 1.807) is 6.92 Å². The Hall–Kier alpha value is -1.06. The van der Waals surface area contributed by atoms with E-state index < -0.39 is 11.6 Å². The molecule has 4 nitrogen and oxygen atoms in total. The van der Waals surface area contributed by atoms with Crippen molar-refractivity contribution in [1.82, 2.24) is 0 Å². The molecule has 0 aromatic rings. The highest BCUT2D eigenvalue weighted by Gasteiger charge is 2.41.